The van der Waals surface area contributed by atoms with Gasteiger partial charge in [0.15, 0.2) is 0 Å². The Morgan fingerprint density at radius 3 is 2.21 bits per heavy atom. The van der Waals surface area contributed by atoms with Crippen molar-refractivity contribution in [1.29, 1.82) is 0 Å². The van der Waals surface area contributed by atoms with Gasteiger partial charge in [0.25, 0.3) is 5.91 Å². The van der Waals surface area contributed by atoms with Crippen LogP contribution in [0.25, 0.3) is 0 Å². The van der Waals surface area contributed by atoms with Crippen LogP contribution in [0.3, 0.4) is 0 Å². The van der Waals surface area contributed by atoms with Crippen molar-refractivity contribution in [2.75, 3.05) is 29.9 Å². The summed E-state index contributed by atoms with van der Waals surface area (Å²) < 4.78 is 0. The smallest absolute Gasteiger partial charge is 0.255 e. The zero-order valence-electron chi connectivity index (χ0n) is 18.1. The van der Waals surface area contributed by atoms with Crippen LogP contribution in [0.15, 0.2) is 48.5 Å². The molecule has 2 rings (SSSR count). The van der Waals surface area contributed by atoms with Crippen molar-refractivity contribution in [2.24, 2.45) is 0 Å². The number of nitrogens with one attached hydrogen (secondary N) is 1. The average Bonchev–Trinajstić information content (AvgIpc) is 2.73. The number of carbonyl (C=O) groups is 2. The van der Waals surface area contributed by atoms with Crippen LogP contribution in [-0.4, -0.2) is 36.3 Å². The summed E-state index contributed by atoms with van der Waals surface area (Å²) in [5.74, 6) is -0.126. The van der Waals surface area contributed by atoms with E-state index in [4.69, 9.17) is 0 Å². The van der Waals surface area contributed by atoms with Gasteiger partial charge in [-0.3, -0.25) is 9.59 Å². The number of unbranched alkanes of at least 4 members (excludes halogenated alkanes) is 1. The molecule has 0 unspecified atom stereocenters. The number of anilines is 2. The van der Waals surface area contributed by atoms with E-state index in [2.05, 4.69) is 24.1 Å². The first-order valence-electron chi connectivity index (χ1n) is 10.5. The van der Waals surface area contributed by atoms with E-state index in [1.165, 1.54) is 0 Å². The number of carbonyl (C=O) groups excluding carboxylic acids is 2. The first-order chi connectivity index (χ1) is 14.0. The van der Waals surface area contributed by atoms with Crippen molar-refractivity contribution in [1.82, 2.24) is 4.90 Å². The molecular weight excluding hydrogens is 362 g/mol. The van der Waals surface area contributed by atoms with Crippen LogP contribution in [0.5, 0.6) is 0 Å². The van der Waals surface area contributed by atoms with E-state index in [1.54, 1.807) is 11.8 Å². The summed E-state index contributed by atoms with van der Waals surface area (Å²) in [4.78, 5) is 28.6. The third-order valence-electron chi connectivity index (χ3n) is 5.11. The lowest BCUT2D eigenvalue weighted by Gasteiger charge is -2.23. The highest BCUT2D eigenvalue weighted by molar-refractivity contribution is 6.04. The van der Waals surface area contributed by atoms with E-state index in [0.29, 0.717) is 18.7 Å². The van der Waals surface area contributed by atoms with E-state index in [-0.39, 0.29) is 11.8 Å². The zero-order chi connectivity index (χ0) is 21.2. The Labute approximate surface area is 174 Å². The van der Waals surface area contributed by atoms with Gasteiger partial charge in [0.05, 0.1) is 0 Å². The van der Waals surface area contributed by atoms with Crippen molar-refractivity contribution in [3.8, 4) is 0 Å². The minimum atomic E-state index is -0.147. The monoisotopic (exact) mass is 395 g/mol. The summed E-state index contributed by atoms with van der Waals surface area (Å²) in [5, 5.41) is 3.00. The number of nitrogens with zero attached hydrogens (tertiary/aromatic N) is 2. The molecule has 0 fully saturated rings. The fraction of sp³-hybridized carbons (Fsp3) is 0.417. The van der Waals surface area contributed by atoms with Gasteiger partial charge in [-0.2, -0.15) is 0 Å². The van der Waals surface area contributed by atoms with Crippen LogP contribution in [0, 0.1) is 0 Å². The van der Waals surface area contributed by atoms with Gasteiger partial charge in [-0.05, 0) is 56.2 Å². The molecule has 0 bridgehead atoms. The number of hydrogen-bond acceptors (Lipinski definition) is 3. The Morgan fingerprint density at radius 2 is 1.62 bits per heavy atom. The second-order valence-corrected chi connectivity index (χ2v) is 7.12. The molecule has 0 aromatic heterocycles. The number of benzene rings is 2. The molecule has 0 radical (unpaired) electrons. The maximum absolute atomic E-state index is 12.8. The van der Waals surface area contributed by atoms with Crippen LogP contribution in [0.2, 0.25) is 0 Å². The SMILES string of the molecule is CCCCN(CC)c1ccc(C(=O)Nc2ccccc2CN(CC)C(C)=O)cc1. The van der Waals surface area contributed by atoms with Crippen LogP contribution >= 0.6 is 0 Å². The molecule has 2 aromatic rings. The Morgan fingerprint density at radius 1 is 0.931 bits per heavy atom. The second-order valence-electron chi connectivity index (χ2n) is 7.12. The quantitative estimate of drug-likeness (QED) is 0.620. The van der Waals surface area contributed by atoms with Crippen LogP contribution in [-0.2, 0) is 11.3 Å². The lowest BCUT2D eigenvalue weighted by Crippen LogP contribution is -2.28. The van der Waals surface area contributed by atoms with Gasteiger partial charge >= 0.3 is 0 Å². The molecule has 0 aliphatic rings. The van der Waals surface area contributed by atoms with Crippen molar-refractivity contribution < 1.29 is 9.59 Å². The first-order valence-corrected chi connectivity index (χ1v) is 10.5. The topological polar surface area (TPSA) is 52.7 Å². The molecule has 0 spiro atoms. The average molecular weight is 396 g/mol. The summed E-state index contributed by atoms with van der Waals surface area (Å²) in [6.45, 7) is 10.9. The predicted octanol–water partition coefficient (Wildman–Crippen LogP) is 4.93. The second kappa shape index (κ2) is 11.2. The van der Waals surface area contributed by atoms with Gasteiger partial charge in [0.2, 0.25) is 5.91 Å². The minimum absolute atomic E-state index is 0.0211. The highest BCUT2D eigenvalue weighted by atomic mass is 16.2. The normalized spacial score (nSPS) is 10.5. The van der Waals surface area contributed by atoms with E-state index in [1.807, 2.05) is 55.5 Å². The molecular formula is C24H33N3O2. The standard InChI is InChI=1S/C24H33N3O2/c1-5-8-17-26(6-2)22-15-13-20(14-16-22)24(29)25-23-12-10-9-11-21(23)18-27(7-3)19(4)28/h9-16H,5-8,17-18H2,1-4H3,(H,25,29). The molecule has 0 aliphatic carbocycles. The maximum Gasteiger partial charge on any atom is 0.255 e. The summed E-state index contributed by atoms with van der Waals surface area (Å²) >= 11 is 0. The summed E-state index contributed by atoms with van der Waals surface area (Å²) in [7, 11) is 0. The molecule has 0 heterocycles. The third-order valence-corrected chi connectivity index (χ3v) is 5.11. The van der Waals surface area contributed by atoms with Gasteiger partial charge < -0.3 is 15.1 Å². The van der Waals surface area contributed by atoms with E-state index in [0.717, 1.165) is 42.9 Å². The Kier molecular flexibility index (Phi) is 8.71. The molecule has 2 amide bonds. The number of amides is 2. The van der Waals surface area contributed by atoms with E-state index in [9.17, 15) is 9.59 Å². The van der Waals surface area contributed by atoms with Crippen molar-refractivity contribution >= 4 is 23.2 Å². The fourth-order valence-electron chi connectivity index (χ4n) is 3.27. The van der Waals surface area contributed by atoms with Gasteiger partial charge in [-0.1, -0.05) is 31.5 Å². The summed E-state index contributed by atoms with van der Waals surface area (Å²) in [6, 6.07) is 15.4. The summed E-state index contributed by atoms with van der Waals surface area (Å²) in [6.07, 6.45) is 2.32. The molecule has 0 saturated carbocycles. The highest BCUT2D eigenvalue weighted by Gasteiger charge is 2.13. The lowest BCUT2D eigenvalue weighted by atomic mass is 10.1. The Bertz CT molecular complexity index is 802. The molecule has 0 aliphatic heterocycles. The van der Waals surface area contributed by atoms with Crippen LogP contribution in [0.4, 0.5) is 11.4 Å². The molecule has 156 valence electrons. The molecule has 5 heteroatoms. The minimum Gasteiger partial charge on any atom is -0.372 e. The van der Waals surface area contributed by atoms with E-state index >= 15 is 0 Å². The van der Waals surface area contributed by atoms with Crippen LogP contribution in [0.1, 0.15) is 56.5 Å². The number of hydrogen-bond donors (Lipinski definition) is 1. The van der Waals surface area contributed by atoms with E-state index < -0.39 is 0 Å². The lowest BCUT2D eigenvalue weighted by molar-refractivity contribution is -0.129. The Balaban J connectivity index is 2.11. The van der Waals surface area contributed by atoms with Crippen molar-refractivity contribution in [2.45, 2.75) is 47.1 Å². The number of rotatable bonds is 10. The zero-order valence-corrected chi connectivity index (χ0v) is 18.1. The molecule has 0 saturated heterocycles. The van der Waals surface area contributed by atoms with Gasteiger partial charge in [-0.25, -0.2) is 0 Å². The molecule has 5 nitrogen and oxygen atoms in total. The fourth-order valence-corrected chi connectivity index (χ4v) is 3.27. The largest absolute Gasteiger partial charge is 0.372 e. The first kappa shape index (κ1) is 22.5. The maximum atomic E-state index is 12.8. The summed E-state index contributed by atoms with van der Waals surface area (Å²) in [5.41, 5.74) is 3.41. The number of para-hydroxylation sites is 1. The highest BCUT2D eigenvalue weighted by Crippen LogP contribution is 2.20. The van der Waals surface area contributed by atoms with Crippen molar-refractivity contribution in [3.05, 3.63) is 59.7 Å². The molecule has 1 N–H and O–H groups in total. The molecule has 2 aromatic carbocycles. The van der Waals surface area contributed by atoms with Gasteiger partial charge in [0, 0.05) is 50.0 Å². The van der Waals surface area contributed by atoms with Gasteiger partial charge in [0.1, 0.15) is 0 Å². The van der Waals surface area contributed by atoms with Crippen LogP contribution < -0.4 is 10.2 Å². The molecule has 29 heavy (non-hydrogen) atoms. The van der Waals surface area contributed by atoms with Gasteiger partial charge in [-0.15, -0.1) is 0 Å². The Hall–Kier alpha value is -2.82. The van der Waals surface area contributed by atoms with Crippen molar-refractivity contribution in [3.63, 3.8) is 0 Å². The molecule has 0 atom stereocenters. The predicted molar refractivity (Wildman–Crippen MR) is 120 cm³/mol. The third kappa shape index (κ3) is 6.34.